The van der Waals surface area contributed by atoms with Gasteiger partial charge in [0.1, 0.15) is 50.1 Å². The first kappa shape index (κ1) is 8.26. The molecule has 0 unspecified atom stereocenters. The van der Waals surface area contributed by atoms with E-state index in [1.54, 1.807) is 0 Å². The van der Waals surface area contributed by atoms with Gasteiger partial charge >= 0.3 is 0 Å². The van der Waals surface area contributed by atoms with Gasteiger partial charge < -0.3 is 18.9 Å². The molecular weight excluding hydrogens is 160 g/mol. The van der Waals surface area contributed by atoms with E-state index in [1.165, 1.54) is 50.1 Å². The van der Waals surface area contributed by atoms with Crippen LogP contribution in [0.25, 0.3) is 0 Å². The number of hydrogen-bond acceptors (Lipinski definition) is 4. The van der Waals surface area contributed by atoms with E-state index in [4.69, 9.17) is 18.9 Å². The minimum atomic E-state index is 1.36. The molecule has 0 N–H and O–H groups in total. The summed E-state index contributed by atoms with van der Waals surface area (Å²) in [6.45, 7) is 0. The molecule has 0 amide bonds. The average Bonchev–Trinajstić information content (AvgIpc) is 2.05. The zero-order chi connectivity index (χ0) is 8.49. The Morgan fingerprint density at radius 2 is 0.500 bits per heavy atom. The molecule has 0 radical (unpaired) electrons. The van der Waals surface area contributed by atoms with Crippen molar-refractivity contribution < 1.29 is 18.9 Å². The van der Waals surface area contributed by atoms with Gasteiger partial charge in [0, 0.05) is 0 Å². The Morgan fingerprint density at radius 3 is 0.667 bits per heavy atom. The first-order valence-corrected chi connectivity index (χ1v) is 3.22. The van der Waals surface area contributed by atoms with Gasteiger partial charge in [-0.1, -0.05) is 0 Å². The molecule has 12 heavy (non-hydrogen) atoms. The maximum atomic E-state index is 4.79. The minimum Gasteiger partial charge on any atom is -0.466 e. The van der Waals surface area contributed by atoms with Crippen molar-refractivity contribution >= 4 is 0 Å². The lowest BCUT2D eigenvalue weighted by Crippen LogP contribution is -1.74. The van der Waals surface area contributed by atoms with Crippen LogP contribution in [0.15, 0.2) is 50.1 Å². The fourth-order valence-electron chi connectivity index (χ4n) is 0.438. The molecule has 0 spiro atoms. The highest BCUT2D eigenvalue weighted by molar-refractivity contribution is 4.77. The molecule has 0 atom stereocenters. The number of ether oxygens (including phenoxy) is 4. The molecule has 0 aromatic carbocycles. The smallest absolute Gasteiger partial charge is 0.125 e. The molecule has 1 rings (SSSR count). The summed E-state index contributed by atoms with van der Waals surface area (Å²) in [5.41, 5.74) is 0. The summed E-state index contributed by atoms with van der Waals surface area (Å²) in [5.74, 6) is 0. The van der Waals surface area contributed by atoms with Gasteiger partial charge in [-0.2, -0.15) is 0 Å². The van der Waals surface area contributed by atoms with Crippen molar-refractivity contribution in [3.05, 3.63) is 50.1 Å². The summed E-state index contributed by atoms with van der Waals surface area (Å²) in [6, 6.07) is 0. The largest absolute Gasteiger partial charge is 0.466 e. The maximum Gasteiger partial charge on any atom is 0.125 e. The van der Waals surface area contributed by atoms with E-state index in [0.717, 1.165) is 0 Å². The summed E-state index contributed by atoms with van der Waals surface area (Å²) in [7, 11) is 0. The highest BCUT2D eigenvalue weighted by Gasteiger charge is 1.75. The fraction of sp³-hybridized carbons (Fsp3) is 0. The van der Waals surface area contributed by atoms with Crippen LogP contribution in [-0.4, -0.2) is 0 Å². The predicted octanol–water partition coefficient (Wildman–Crippen LogP) is 1.95. The van der Waals surface area contributed by atoms with Crippen LogP contribution in [0.3, 0.4) is 0 Å². The summed E-state index contributed by atoms with van der Waals surface area (Å²) < 4.78 is 19.1. The fourth-order valence-corrected chi connectivity index (χ4v) is 0.438. The summed E-state index contributed by atoms with van der Waals surface area (Å²) >= 11 is 0. The van der Waals surface area contributed by atoms with Crippen LogP contribution in [0, 0.1) is 0 Å². The van der Waals surface area contributed by atoms with Gasteiger partial charge in [0.15, 0.2) is 0 Å². The monoisotopic (exact) mass is 168 g/mol. The van der Waals surface area contributed by atoms with E-state index in [2.05, 4.69) is 0 Å². The Balaban J connectivity index is 2.40. The van der Waals surface area contributed by atoms with E-state index in [-0.39, 0.29) is 0 Å². The molecule has 0 aromatic rings. The first-order valence-electron chi connectivity index (χ1n) is 3.22. The van der Waals surface area contributed by atoms with E-state index in [9.17, 15) is 0 Å². The van der Waals surface area contributed by atoms with Crippen molar-refractivity contribution in [2.24, 2.45) is 0 Å². The second kappa shape index (κ2) is 5.91. The Bertz CT molecular complexity index is 151. The zero-order valence-corrected chi connectivity index (χ0v) is 6.25. The minimum absolute atomic E-state index is 1.36. The Morgan fingerprint density at radius 1 is 0.333 bits per heavy atom. The highest BCUT2D eigenvalue weighted by atomic mass is 16.5. The third-order valence-corrected chi connectivity index (χ3v) is 0.851. The summed E-state index contributed by atoms with van der Waals surface area (Å²) in [4.78, 5) is 0. The molecule has 1 heterocycles. The van der Waals surface area contributed by atoms with Crippen molar-refractivity contribution in [2.45, 2.75) is 0 Å². The second-order valence-corrected chi connectivity index (χ2v) is 1.63. The van der Waals surface area contributed by atoms with Gasteiger partial charge in [-0.3, -0.25) is 0 Å². The normalized spacial score (nSPS) is 16.0. The van der Waals surface area contributed by atoms with Crippen LogP contribution < -0.4 is 0 Å². The zero-order valence-electron chi connectivity index (χ0n) is 6.25. The van der Waals surface area contributed by atoms with Crippen molar-refractivity contribution in [3.8, 4) is 0 Å². The average molecular weight is 168 g/mol. The quantitative estimate of drug-likeness (QED) is 0.554. The van der Waals surface area contributed by atoms with Gasteiger partial charge in [-0.15, -0.1) is 0 Å². The lowest BCUT2D eigenvalue weighted by molar-refractivity contribution is 0.290. The van der Waals surface area contributed by atoms with Gasteiger partial charge in [0.25, 0.3) is 0 Å². The lowest BCUT2D eigenvalue weighted by atomic mass is 10.9. The van der Waals surface area contributed by atoms with E-state index >= 15 is 0 Å². The third-order valence-electron chi connectivity index (χ3n) is 0.851. The van der Waals surface area contributed by atoms with Crippen LogP contribution in [0.2, 0.25) is 0 Å². The maximum absolute atomic E-state index is 4.79. The van der Waals surface area contributed by atoms with Gasteiger partial charge in [-0.05, 0) is 0 Å². The number of rotatable bonds is 0. The van der Waals surface area contributed by atoms with Crippen LogP contribution in [0.5, 0.6) is 0 Å². The Labute approximate surface area is 70.0 Å². The van der Waals surface area contributed by atoms with Crippen LogP contribution in [-0.2, 0) is 18.9 Å². The van der Waals surface area contributed by atoms with Crippen molar-refractivity contribution in [2.75, 3.05) is 0 Å². The number of hydrogen-bond donors (Lipinski definition) is 0. The third kappa shape index (κ3) is 4.05. The topological polar surface area (TPSA) is 36.9 Å². The van der Waals surface area contributed by atoms with Gasteiger partial charge in [0.05, 0.1) is 0 Å². The highest BCUT2D eigenvalue weighted by Crippen LogP contribution is 1.89. The second-order valence-electron chi connectivity index (χ2n) is 1.63. The molecule has 4 heteroatoms. The molecule has 4 nitrogen and oxygen atoms in total. The Hall–Kier alpha value is -1.84. The van der Waals surface area contributed by atoms with Gasteiger partial charge in [0.2, 0.25) is 0 Å². The molecule has 0 saturated heterocycles. The molecule has 0 aromatic heterocycles. The van der Waals surface area contributed by atoms with Gasteiger partial charge in [-0.25, -0.2) is 0 Å². The molecule has 1 aliphatic heterocycles. The molecular formula is C8H8O4. The molecule has 0 saturated carbocycles. The first-order chi connectivity index (χ1) is 6.00. The van der Waals surface area contributed by atoms with Crippen LogP contribution in [0.4, 0.5) is 0 Å². The molecule has 0 bridgehead atoms. The molecule has 1 aliphatic rings. The molecule has 0 fully saturated rings. The predicted molar refractivity (Wildman–Crippen MR) is 40.9 cm³/mol. The SMILES string of the molecule is C1=COC=COC=COC=CO1. The standard InChI is InChI=1S/C8H8O4/c1-2-10-5-6-12-8-7-11-4-3-9-1/h1-8H. The molecule has 0 aliphatic carbocycles. The van der Waals surface area contributed by atoms with Crippen molar-refractivity contribution in [1.29, 1.82) is 0 Å². The van der Waals surface area contributed by atoms with Crippen LogP contribution >= 0.6 is 0 Å². The van der Waals surface area contributed by atoms with Crippen LogP contribution in [0.1, 0.15) is 0 Å². The molecule has 64 valence electrons. The van der Waals surface area contributed by atoms with Crippen molar-refractivity contribution in [1.82, 2.24) is 0 Å². The van der Waals surface area contributed by atoms with E-state index < -0.39 is 0 Å². The summed E-state index contributed by atoms with van der Waals surface area (Å²) in [5, 5.41) is 0. The van der Waals surface area contributed by atoms with E-state index in [1.807, 2.05) is 0 Å². The van der Waals surface area contributed by atoms with Crippen molar-refractivity contribution in [3.63, 3.8) is 0 Å². The Kier molecular flexibility index (Phi) is 4.07. The lowest BCUT2D eigenvalue weighted by Gasteiger charge is -1.94. The summed E-state index contributed by atoms with van der Waals surface area (Å²) in [6.07, 6.45) is 10.9. The van der Waals surface area contributed by atoms with E-state index in [0.29, 0.717) is 0 Å².